The second-order valence-corrected chi connectivity index (χ2v) is 9.71. The Morgan fingerprint density at radius 1 is 1.00 bits per heavy atom. The highest BCUT2D eigenvalue weighted by Crippen LogP contribution is 2.32. The minimum absolute atomic E-state index is 0.0781. The molecule has 1 heterocycles. The predicted octanol–water partition coefficient (Wildman–Crippen LogP) is 5.62. The number of rotatable bonds is 11. The molecule has 6 nitrogen and oxygen atoms in total. The zero-order chi connectivity index (χ0) is 28.9. The number of aryl methyl sites for hydroxylation is 2. The van der Waals surface area contributed by atoms with Gasteiger partial charge in [-0.05, 0) is 67.3 Å². The number of halogens is 2. The van der Waals surface area contributed by atoms with Gasteiger partial charge in [0.05, 0.1) is 5.70 Å². The van der Waals surface area contributed by atoms with E-state index in [2.05, 4.69) is 41.8 Å². The standard InChI is InChI=1S/C25H33N3O3.C7H6F2/c1-3-19-7-4-8-20(15-19)17-26-12-6-13-27-24(30)21-9-5-10-22(16-21)25-28(2)23(11-14-29)18-31-25;1-5-2-6(8)4-7(9)3-5/h4-5,7-10,15-16,18,25-26,29H,3,6,11-14,17H2,1-2H3,(H,27,30);2-4H,1H3. The van der Waals surface area contributed by atoms with Crippen molar-refractivity contribution in [1.29, 1.82) is 0 Å². The van der Waals surface area contributed by atoms with Gasteiger partial charge in [0.2, 0.25) is 0 Å². The number of carbonyl (C=O) groups is 1. The highest BCUT2D eigenvalue weighted by molar-refractivity contribution is 5.94. The molecule has 8 heteroatoms. The van der Waals surface area contributed by atoms with Gasteiger partial charge in [-0.3, -0.25) is 4.79 Å². The molecule has 0 radical (unpaired) electrons. The molecule has 1 unspecified atom stereocenters. The molecular weight excluding hydrogens is 512 g/mol. The van der Waals surface area contributed by atoms with Crippen LogP contribution in [0.25, 0.3) is 0 Å². The lowest BCUT2D eigenvalue weighted by Gasteiger charge is -2.23. The van der Waals surface area contributed by atoms with Crippen LogP contribution in [0.4, 0.5) is 8.78 Å². The Hall–Kier alpha value is -3.75. The third-order valence-electron chi connectivity index (χ3n) is 6.49. The number of hydrogen-bond acceptors (Lipinski definition) is 5. The van der Waals surface area contributed by atoms with Crippen molar-refractivity contribution in [1.82, 2.24) is 15.5 Å². The van der Waals surface area contributed by atoms with Crippen LogP contribution < -0.4 is 10.6 Å². The van der Waals surface area contributed by atoms with Crippen LogP contribution in [0.1, 0.15) is 58.6 Å². The highest BCUT2D eigenvalue weighted by atomic mass is 19.1. The average Bonchev–Trinajstić information content (AvgIpc) is 3.30. The third-order valence-corrected chi connectivity index (χ3v) is 6.49. The first-order valence-corrected chi connectivity index (χ1v) is 13.6. The summed E-state index contributed by atoms with van der Waals surface area (Å²) in [7, 11) is 1.93. The molecule has 214 valence electrons. The Labute approximate surface area is 235 Å². The number of nitrogens with one attached hydrogen (secondary N) is 2. The lowest BCUT2D eigenvalue weighted by molar-refractivity contribution is 0.0671. The fraction of sp³-hybridized carbons (Fsp3) is 0.344. The van der Waals surface area contributed by atoms with Gasteiger partial charge in [-0.25, -0.2) is 8.78 Å². The van der Waals surface area contributed by atoms with Crippen molar-refractivity contribution in [3.05, 3.63) is 118 Å². The Kier molecular flexibility index (Phi) is 12.1. The summed E-state index contributed by atoms with van der Waals surface area (Å²) < 4.78 is 30.1. The fourth-order valence-electron chi connectivity index (χ4n) is 4.35. The lowest BCUT2D eigenvalue weighted by atomic mass is 10.1. The molecule has 3 N–H and O–H groups in total. The van der Waals surface area contributed by atoms with Crippen LogP contribution >= 0.6 is 0 Å². The van der Waals surface area contributed by atoms with E-state index in [1.165, 1.54) is 23.3 Å². The van der Waals surface area contributed by atoms with Crippen LogP contribution in [0.2, 0.25) is 0 Å². The summed E-state index contributed by atoms with van der Waals surface area (Å²) in [6.45, 7) is 6.19. The van der Waals surface area contributed by atoms with E-state index in [0.717, 1.165) is 43.3 Å². The largest absolute Gasteiger partial charge is 0.472 e. The van der Waals surface area contributed by atoms with E-state index in [9.17, 15) is 13.6 Å². The van der Waals surface area contributed by atoms with E-state index < -0.39 is 11.6 Å². The maximum Gasteiger partial charge on any atom is 0.251 e. The average molecular weight is 552 g/mol. The number of aliphatic hydroxyl groups excluding tert-OH is 1. The van der Waals surface area contributed by atoms with E-state index in [0.29, 0.717) is 24.1 Å². The molecule has 0 fully saturated rings. The summed E-state index contributed by atoms with van der Waals surface area (Å²) in [5.41, 5.74) is 5.72. The SMILES string of the molecule is CCc1cccc(CNCCCNC(=O)c2cccc(C3OC=C(CCO)N3C)c2)c1.Cc1cc(F)cc(F)c1. The number of benzene rings is 3. The number of aliphatic hydroxyl groups is 1. The van der Waals surface area contributed by atoms with Crippen molar-refractivity contribution < 1.29 is 23.4 Å². The van der Waals surface area contributed by atoms with E-state index in [1.807, 2.05) is 36.2 Å². The van der Waals surface area contributed by atoms with E-state index >= 15 is 0 Å². The molecule has 0 bridgehead atoms. The second-order valence-electron chi connectivity index (χ2n) is 9.71. The molecule has 4 rings (SSSR count). The molecule has 0 spiro atoms. The van der Waals surface area contributed by atoms with Crippen molar-refractivity contribution in [2.24, 2.45) is 0 Å². The fourth-order valence-corrected chi connectivity index (χ4v) is 4.35. The first-order chi connectivity index (χ1) is 19.3. The zero-order valence-electron chi connectivity index (χ0n) is 23.4. The molecule has 0 saturated heterocycles. The van der Waals surface area contributed by atoms with Crippen LogP contribution in [-0.2, 0) is 17.7 Å². The summed E-state index contributed by atoms with van der Waals surface area (Å²) in [6.07, 6.45) is 3.86. The molecule has 3 aromatic carbocycles. The first-order valence-electron chi connectivity index (χ1n) is 13.6. The topological polar surface area (TPSA) is 73.8 Å². The summed E-state index contributed by atoms with van der Waals surface area (Å²) in [4.78, 5) is 14.5. The molecule has 1 atom stereocenters. The summed E-state index contributed by atoms with van der Waals surface area (Å²) in [6, 6.07) is 19.5. The van der Waals surface area contributed by atoms with Crippen LogP contribution in [-0.4, -0.2) is 42.7 Å². The molecule has 1 amide bonds. The number of hydrogen-bond donors (Lipinski definition) is 3. The zero-order valence-corrected chi connectivity index (χ0v) is 23.4. The molecule has 0 saturated carbocycles. The quantitative estimate of drug-likeness (QED) is 0.270. The van der Waals surface area contributed by atoms with E-state index in [-0.39, 0.29) is 18.7 Å². The van der Waals surface area contributed by atoms with Crippen molar-refractivity contribution in [3.63, 3.8) is 0 Å². The Balaban J connectivity index is 0.000000415. The van der Waals surface area contributed by atoms with Crippen LogP contribution in [0, 0.1) is 18.6 Å². The molecule has 0 aromatic heterocycles. The maximum atomic E-state index is 12.6. The summed E-state index contributed by atoms with van der Waals surface area (Å²) in [5, 5.41) is 15.6. The van der Waals surface area contributed by atoms with Gasteiger partial charge in [0.15, 0.2) is 6.23 Å². The van der Waals surface area contributed by atoms with Gasteiger partial charge in [0, 0.05) is 50.4 Å². The minimum Gasteiger partial charge on any atom is -0.472 e. The van der Waals surface area contributed by atoms with Gasteiger partial charge >= 0.3 is 0 Å². The van der Waals surface area contributed by atoms with E-state index in [4.69, 9.17) is 9.84 Å². The van der Waals surface area contributed by atoms with Crippen LogP contribution in [0.3, 0.4) is 0 Å². The summed E-state index contributed by atoms with van der Waals surface area (Å²) >= 11 is 0. The number of carbonyl (C=O) groups excluding carboxylic acids is 1. The number of amides is 1. The van der Waals surface area contributed by atoms with Gasteiger partial charge in [0.1, 0.15) is 17.9 Å². The normalized spacial score (nSPS) is 14.2. The Morgan fingerprint density at radius 3 is 2.42 bits per heavy atom. The Bertz CT molecular complexity index is 1230. The predicted molar refractivity (Wildman–Crippen MR) is 153 cm³/mol. The van der Waals surface area contributed by atoms with Crippen LogP contribution in [0.15, 0.2) is 78.7 Å². The highest BCUT2D eigenvalue weighted by Gasteiger charge is 2.26. The lowest BCUT2D eigenvalue weighted by Crippen LogP contribution is -2.27. The number of nitrogens with zero attached hydrogens (tertiary/aromatic N) is 1. The van der Waals surface area contributed by atoms with Crippen molar-refractivity contribution in [3.8, 4) is 0 Å². The minimum atomic E-state index is -0.521. The third kappa shape index (κ3) is 9.47. The van der Waals surface area contributed by atoms with Gasteiger partial charge in [-0.15, -0.1) is 0 Å². The number of ether oxygens (including phenoxy) is 1. The molecule has 1 aliphatic rings. The Morgan fingerprint density at radius 2 is 1.73 bits per heavy atom. The van der Waals surface area contributed by atoms with Crippen LogP contribution in [0.5, 0.6) is 0 Å². The smallest absolute Gasteiger partial charge is 0.251 e. The van der Waals surface area contributed by atoms with Gasteiger partial charge in [0.25, 0.3) is 5.91 Å². The van der Waals surface area contributed by atoms with Crippen molar-refractivity contribution >= 4 is 5.91 Å². The molecule has 0 aliphatic carbocycles. The van der Waals surface area contributed by atoms with Gasteiger partial charge in [-0.1, -0.05) is 43.3 Å². The molecule has 1 aliphatic heterocycles. The molecule has 3 aromatic rings. The van der Waals surface area contributed by atoms with Crippen molar-refractivity contribution in [2.45, 2.75) is 45.9 Å². The van der Waals surface area contributed by atoms with Gasteiger partial charge < -0.3 is 25.4 Å². The van der Waals surface area contributed by atoms with Gasteiger partial charge in [-0.2, -0.15) is 0 Å². The van der Waals surface area contributed by atoms with E-state index in [1.54, 1.807) is 13.2 Å². The monoisotopic (exact) mass is 551 g/mol. The first kappa shape index (κ1) is 30.8. The summed E-state index contributed by atoms with van der Waals surface area (Å²) in [5.74, 6) is -1.12. The molecular formula is C32H39F2N3O3. The maximum absolute atomic E-state index is 12.6. The van der Waals surface area contributed by atoms with Crippen molar-refractivity contribution in [2.75, 3.05) is 26.7 Å². The second kappa shape index (κ2) is 15.7. The molecule has 40 heavy (non-hydrogen) atoms.